The lowest BCUT2D eigenvalue weighted by molar-refractivity contribution is 0.00843. The van der Waals surface area contributed by atoms with Crippen molar-refractivity contribution in [2.24, 2.45) is 5.73 Å². The maximum absolute atomic E-state index is 11.6. The van der Waals surface area contributed by atoms with Crippen molar-refractivity contribution >= 4 is 17.3 Å². The molecule has 1 aliphatic rings. The van der Waals surface area contributed by atoms with Gasteiger partial charge in [0.15, 0.2) is 5.69 Å². The van der Waals surface area contributed by atoms with E-state index in [2.05, 4.69) is 4.98 Å². The van der Waals surface area contributed by atoms with Crippen LogP contribution in [0.25, 0.3) is 0 Å². The molecular formula is C10H14N2O2S. The Morgan fingerprint density at radius 1 is 1.67 bits per heavy atom. The molecule has 0 unspecified atom stereocenters. The SMILES string of the molecule is NCCc1nc(C(=O)OC2CCC2)cs1. The Labute approximate surface area is 92.5 Å². The molecule has 0 amide bonds. The number of hydrogen-bond donors (Lipinski definition) is 1. The van der Waals surface area contributed by atoms with Gasteiger partial charge in [0.1, 0.15) is 6.10 Å². The molecule has 0 atom stereocenters. The highest BCUT2D eigenvalue weighted by molar-refractivity contribution is 7.09. The van der Waals surface area contributed by atoms with Gasteiger partial charge in [0.05, 0.1) is 5.01 Å². The number of rotatable bonds is 4. The van der Waals surface area contributed by atoms with Crippen LogP contribution < -0.4 is 5.73 Å². The van der Waals surface area contributed by atoms with Gasteiger partial charge in [-0.1, -0.05) is 0 Å². The molecule has 1 fully saturated rings. The second-order valence-electron chi connectivity index (χ2n) is 3.62. The zero-order valence-electron chi connectivity index (χ0n) is 8.44. The molecule has 0 radical (unpaired) electrons. The van der Waals surface area contributed by atoms with Crippen molar-refractivity contribution in [1.82, 2.24) is 4.98 Å². The van der Waals surface area contributed by atoms with Crippen LogP contribution in [0.15, 0.2) is 5.38 Å². The molecule has 0 aromatic carbocycles. The van der Waals surface area contributed by atoms with E-state index in [9.17, 15) is 4.79 Å². The Bertz CT molecular complexity index is 347. The van der Waals surface area contributed by atoms with Gasteiger partial charge in [-0.3, -0.25) is 0 Å². The molecule has 0 bridgehead atoms. The van der Waals surface area contributed by atoms with Crippen LogP contribution in [0.5, 0.6) is 0 Å². The van der Waals surface area contributed by atoms with Crippen molar-refractivity contribution in [3.63, 3.8) is 0 Å². The summed E-state index contributed by atoms with van der Waals surface area (Å²) < 4.78 is 5.24. The molecule has 1 saturated carbocycles. The second-order valence-corrected chi connectivity index (χ2v) is 4.57. The van der Waals surface area contributed by atoms with Gasteiger partial charge in [-0.2, -0.15) is 0 Å². The number of carbonyl (C=O) groups is 1. The number of hydrogen-bond acceptors (Lipinski definition) is 5. The monoisotopic (exact) mass is 226 g/mol. The summed E-state index contributed by atoms with van der Waals surface area (Å²) >= 11 is 1.46. The van der Waals surface area contributed by atoms with Crippen molar-refractivity contribution in [2.45, 2.75) is 31.8 Å². The molecule has 2 rings (SSSR count). The molecular weight excluding hydrogens is 212 g/mol. The Hall–Kier alpha value is -0.940. The highest BCUT2D eigenvalue weighted by atomic mass is 32.1. The van der Waals surface area contributed by atoms with Gasteiger partial charge in [0.2, 0.25) is 0 Å². The lowest BCUT2D eigenvalue weighted by Crippen LogP contribution is -2.25. The molecule has 1 heterocycles. The summed E-state index contributed by atoms with van der Waals surface area (Å²) in [5.41, 5.74) is 5.83. The number of nitrogens with zero attached hydrogens (tertiary/aromatic N) is 1. The Morgan fingerprint density at radius 3 is 3.07 bits per heavy atom. The van der Waals surface area contributed by atoms with E-state index < -0.39 is 0 Å². The van der Waals surface area contributed by atoms with Gasteiger partial charge in [-0.05, 0) is 25.8 Å². The van der Waals surface area contributed by atoms with Crippen LogP contribution in [-0.2, 0) is 11.2 Å². The van der Waals surface area contributed by atoms with Crippen LogP contribution in [0.4, 0.5) is 0 Å². The number of ether oxygens (including phenoxy) is 1. The van der Waals surface area contributed by atoms with Gasteiger partial charge in [-0.25, -0.2) is 9.78 Å². The number of carbonyl (C=O) groups excluding carboxylic acids is 1. The highest BCUT2D eigenvalue weighted by Gasteiger charge is 2.23. The molecule has 5 heteroatoms. The summed E-state index contributed by atoms with van der Waals surface area (Å²) in [7, 11) is 0. The lowest BCUT2D eigenvalue weighted by atomic mass is 9.96. The highest BCUT2D eigenvalue weighted by Crippen LogP contribution is 2.23. The first-order chi connectivity index (χ1) is 7.29. The third-order valence-electron chi connectivity index (χ3n) is 2.44. The molecule has 1 aromatic rings. The normalized spacial score (nSPS) is 16.1. The predicted molar refractivity (Wildman–Crippen MR) is 57.9 cm³/mol. The van der Waals surface area contributed by atoms with Gasteiger partial charge >= 0.3 is 5.97 Å². The summed E-state index contributed by atoms with van der Waals surface area (Å²) in [5.74, 6) is -0.292. The fraction of sp³-hybridized carbons (Fsp3) is 0.600. The van der Waals surface area contributed by atoms with E-state index in [-0.39, 0.29) is 12.1 Å². The summed E-state index contributed by atoms with van der Waals surface area (Å²) in [6, 6.07) is 0. The Morgan fingerprint density at radius 2 is 2.47 bits per heavy atom. The maximum atomic E-state index is 11.6. The van der Waals surface area contributed by atoms with Crippen LogP contribution in [0.1, 0.15) is 34.8 Å². The smallest absolute Gasteiger partial charge is 0.358 e. The van der Waals surface area contributed by atoms with E-state index in [0.717, 1.165) is 30.7 Å². The van der Waals surface area contributed by atoms with Gasteiger partial charge < -0.3 is 10.5 Å². The Kier molecular flexibility index (Phi) is 3.33. The summed E-state index contributed by atoms with van der Waals surface area (Å²) in [6.45, 7) is 0.560. The first-order valence-corrected chi connectivity index (χ1v) is 6.03. The van der Waals surface area contributed by atoms with Gasteiger partial charge in [0.25, 0.3) is 0 Å². The van der Waals surface area contributed by atoms with Crippen molar-refractivity contribution in [3.05, 3.63) is 16.1 Å². The maximum Gasteiger partial charge on any atom is 0.358 e. The molecule has 1 aromatic heterocycles. The number of thiazole rings is 1. The van der Waals surface area contributed by atoms with Crippen LogP contribution >= 0.6 is 11.3 Å². The molecule has 2 N–H and O–H groups in total. The van der Waals surface area contributed by atoms with E-state index >= 15 is 0 Å². The summed E-state index contributed by atoms with van der Waals surface area (Å²) in [5, 5.41) is 2.64. The van der Waals surface area contributed by atoms with E-state index in [1.165, 1.54) is 11.3 Å². The summed E-state index contributed by atoms with van der Waals surface area (Å²) in [4.78, 5) is 15.7. The minimum absolute atomic E-state index is 0.122. The number of esters is 1. The Balaban J connectivity index is 1.92. The van der Waals surface area contributed by atoms with Crippen LogP contribution in [-0.4, -0.2) is 23.6 Å². The molecule has 82 valence electrons. The van der Waals surface area contributed by atoms with Crippen LogP contribution in [0.3, 0.4) is 0 Å². The molecule has 0 spiro atoms. The average molecular weight is 226 g/mol. The quantitative estimate of drug-likeness (QED) is 0.787. The largest absolute Gasteiger partial charge is 0.458 e. The number of nitrogens with two attached hydrogens (primary N) is 1. The van der Waals surface area contributed by atoms with Crippen molar-refractivity contribution < 1.29 is 9.53 Å². The fourth-order valence-corrected chi connectivity index (χ4v) is 2.13. The minimum atomic E-state index is -0.292. The molecule has 4 nitrogen and oxygen atoms in total. The first kappa shape index (κ1) is 10.6. The van der Waals surface area contributed by atoms with Crippen molar-refractivity contribution in [2.75, 3.05) is 6.54 Å². The average Bonchev–Trinajstić information content (AvgIpc) is 2.60. The molecule has 0 saturated heterocycles. The zero-order chi connectivity index (χ0) is 10.7. The van der Waals surface area contributed by atoms with Crippen molar-refractivity contribution in [3.8, 4) is 0 Å². The van der Waals surface area contributed by atoms with Gasteiger partial charge in [-0.15, -0.1) is 11.3 Å². The van der Waals surface area contributed by atoms with Crippen LogP contribution in [0, 0.1) is 0 Å². The minimum Gasteiger partial charge on any atom is -0.458 e. The van der Waals surface area contributed by atoms with Gasteiger partial charge in [0, 0.05) is 11.8 Å². The van der Waals surface area contributed by atoms with Crippen LogP contribution in [0.2, 0.25) is 0 Å². The first-order valence-electron chi connectivity index (χ1n) is 5.15. The standard InChI is InChI=1S/C10H14N2O2S/c11-5-4-9-12-8(6-15-9)10(13)14-7-2-1-3-7/h6-7H,1-5,11H2. The fourth-order valence-electron chi connectivity index (χ4n) is 1.34. The third-order valence-corrected chi connectivity index (χ3v) is 3.35. The topological polar surface area (TPSA) is 65.2 Å². The lowest BCUT2D eigenvalue weighted by Gasteiger charge is -2.24. The molecule has 1 aliphatic carbocycles. The molecule has 15 heavy (non-hydrogen) atoms. The predicted octanol–water partition coefficient (Wildman–Crippen LogP) is 1.35. The van der Waals surface area contributed by atoms with E-state index in [0.29, 0.717) is 12.2 Å². The number of aromatic nitrogens is 1. The zero-order valence-corrected chi connectivity index (χ0v) is 9.26. The van der Waals surface area contributed by atoms with E-state index in [4.69, 9.17) is 10.5 Å². The third kappa shape index (κ3) is 2.54. The summed E-state index contributed by atoms with van der Waals surface area (Å²) in [6.07, 6.45) is 3.99. The van der Waals surface area contributed by atoms with E-state index in [1.807, 2.05) is 0 Å². The molecule has 0 aliphatic heterocycles. The van der Waals surface area contributed by atoms with E-state index in [1.54, 1.807) is 5.38 Å². The van der Waals surface area contributed by atoms with Crippen molar-refractivity contribution in [1.29, 1.82) is 0 Å². The second kappa shape index (κ2) is 4.72.